The minimum absolute atomic E-state index is 0.122. The summed E-state index contributed by atoms with van der Waals surface area (Å²) in [5, 5.41) is 2.36. The third-order valence-corrected chi connectivity index (χ3v) is 5.86. The van der Waals surface area contributed by atoms with Crippen LogP contribution < -0.4 is 5.32 Å². The van der Waals surface area contributed by atoms with Gasteiger partial charge < -0.3 is 24.1 Å². The SMILES string of the molecule is CNC(=O)c1cc(F)c(-c2nc3cc(C)ccn3c2C[C@@H]2CN(C(=O)OC(C)(C)C)CCO2)c(F)c1. The first-order valence-corrected chi connectivity index (χ1v) is 11.8. The van der Waals surface area contributed by atoms with Gasteiger partial charge in [-0.15, -0.1) is 0 Å². The molecule has 1 aliphatic heterocycles. The molecule has 3 heterocycles. The van der Waals surface area contributed by atoms with Crippen LogP contribution in [-0.4, -0.2) is 64.7 Å². The van der Waals surface area contributed by atoms with E-state index in [0.717, 1.165) is 17.7 Å². The molecule has 10 heteroatoms. The first-order valence-electron chi connectivity index (χ1n) is 11.8. The number of nitrogens with one attached hydrogen (secondary N) is 1. The van der Waals surface area contributed by atoms with E-state index < -0.39 is 35.3 Å². The molecule has 0 unspecified atom stereocenters. The number of aromatic nitrogens is 2. The molecule has 3 aromatic rings. The van der Waals surface area contributed by atoms with Gasteiger partial charge in [-0.3, -0.25) is 4.79 Å². The highest BCUT2D eigenvalue weighted by Crippen LogP contribution is 2.32. The minimum atomic E-state index is -0.894. The van der Waals surface area contributed by atoms with E-state index in [9.17, 15) is 9.59 Å². The zero-order chi connectivity index (χ0) is 26.2. The molecule has 0 spiro atoms. The van der Waals surface area contributed by atoms with Gasteiger partial charge in [0.15, 0.2) is 0 Å². The number of amides is 2. The van der Waals surface area contributed by atoms with Crippen molar-refractivity contribution in [2.24, 2.45) is 0 Å². The zero-order valence-electron chi connectivity index (χ0n) is 21.0. The quantitative estimate of drug-likeness (QED) is 0.583. The van der Waals surface area contributed by atoms with Gasteiger partial charge in [0.2, 0.25) is 0 Å². The molecule has 8 nitrogen and oxygen atoms in total. The molecule has 0 saturated carbocycles. The van der Waals surface area contributed by atoms with Crippen LogP contribution in [-0.2, 0) is 15.9 Å². The second-order valence-corrected chi connectivity index (χ2v) is 9.86. The summed E-state index contributed by atoms with van der Waals surface area (Å²) in [7, 11) is 1.39. The third-order valence-electron chi connectivity index (χ3n) is 5.86. The molecule has 1 aliphatic rings. The van der Waals surface area contributed by atoms with Gasteiger partial charge in [0.05, 0.1) is 36.2 Å². The summed E-state index contributed by atoms with van der Waals surface area (Å²) in [6, 6.07) is 5.68. The van der Waals surface area contributed by atoms with Gasteiger partial charge in [0, 0.05) is 31.8 Å². The Morgan fingerprint density at radius 1 is 1.22 bits per heavy atom. The predicted octanol–water partition coefficient (Wildman–Crippen LogP) is 4.13. The van der Waals surface area contributed by atoms with E-state index in [4.69, 9.17) is 9.47 Å². The summed E-state index contributed by atoms with van der Waals surface area (Å²) in [4.78, 5) is 30.6. The summed E-state index contributed by atoms with van der Waals surface area (Å²) < 4.78 is 43.6. The number of benzene rings is 1. The van der Waals surface area contributed by atoms with Crippen LogP contribution in [0.1, 0.15) is 42.4 Å². The molecular weight excluding hydrogens is 470 g/mol. The number of hydrogen-bond donors (Lipinski definition) is 1. The fraction of sp³-hybridized carbons (Fsp3) is 0.423. The van der Waals surface area contributed by atoms with Crippen LogP contribution in [0.4, 0.5) is 13.6 Å². The highest BCUT2D eigenvalue weighted by Gasteiger charge is 2.31. The molecule has 1 fully saturated rings. The lowest BCUT2D eigenvalue weighted by Gasteiger charge is -2.34. The maximum absolute atomic E-state index is 15.2. The van der Waals surface area contributed by atoms with E-state index in [1.54, 1.807) is 36.3 Å². The van der Waals surface area contributed by atoms with E-state index in [1.807, 2.05) is 19.1 Å². The molecule has 2 aromatic heterocycles. The van der Waals surface area contributed by atoms with Crippen LogP contribution >= 0.6 is 0 Å². The smallest absolute Gasteiger partial charge is 0.410 e. The largest absolute Gasteiger partial charge is 0.444 e. The van der Waals surface area contributed by atoms with Crippen LogP contribution in [0, 0.1) is 18.6 Å². The number of carbonyl (C=O) groups excluding carboxylic acids is 2. The van der Waals surface area contributed by atoms with Crippen LogP contribution in [0.3, 0.4) is 0 Å². The summed E-state index contributed by atoms with van der Waals surface area (Å²) >= 11 is 0. The number of pyridine rings is 1. The van der Waals surface area contributed by atoms with Gasteiger partial charge in [0.1, 0.15) is 22.9 Å². The molecule has 2 amide bonds. The average molecular weight is 501 g/mol. The minimum Gasteiger partial charge on any atom is -0.444 e. The lowest BCUT2D eigenvalue weighted by Crippen LogP contribution is -2.48. The van der Waals surface area contributed by atoms with E-state index in [2.05, 4.69) is 10.3 Å². The lowest BCUT2D eigenvalue weighted by atomic mass is 10.0. The second-order valence-electron chi connectivity index (χ2n) is 9.86. The fourth-order valence-corrected chi connectivity index (χ4v) is 4.22. The summed E-state index contributed by atoms with van der Waals surface area (Å²) in [5.41, 5.74) is 1.04. The average Bonchev–Trinajstić information content (AvgIpc) is 3.13. The lowest BCUT2D eigenvalue weighted by molar-refractivity contribution is -0.0418. The van der Waals surface area contributed by atoms with E-state index in [1.165, 1.54) is 7.05 Å². The number of morpholine rings is 1. The normalized spacial score (nSPS) is 16.3. The maximum atomic E-state index is 15.2. The Morgan fingerprint density at radius 2 is 1.92 bits per heavy atom. The van der Waals surface area contributed by atoms with Crippen LogP contribution in [0.15, 0.2) is 30.5 Å². The number of nitrogens with zero attached hydrogens (tertiary/aromatic N) is 3. The Balaban J connectivity index is 1.72. The summed E-state index contributed by atoms with van der Waals surface area (Å²) in [5.74, 6) is -2.38. The van der Waals surface area contributed by atoms with Gasteiger partial charge in [-0.25, -0.2) is 18.6 Å². The Hall–Kier alpha value is -3.53. The number of imidazole rings is 1. The Bertz CT molecular complexity index is 1290. The highest BCUT2D eigenvalue weighted by atomic mass is 19.1. The Labute approximate surface area is 208 Å². The van der Waals surface area contributed by atoms with E-state index in [-0.39, 0.29) is 29.8 Å². The highest BCUT2D eigenvalue weighted by molar-refractivity contribution is 5.94. The van der Waals surface area contributed by atoms with Gasteiger partial charge in [-0.1, -0.05) is 0 Å². The van der Waals surface area contributed by atoms with Crippen molar-refractivity contribution in [1.29, 1.82) is 0 Å². The monoisotopic (exact) mass is 500 g/mol. The summed E-state index contributed by atoms with van der Waals surface area (Å²) in [6.07, 6.45) is 1.16. The van der Waals surface area contributed by atoms with Crippen molar-refractivity contribution in [2.75, 3.05) is 26.7 Å². The van der Waals surface area contributed by atoms with Crippen molar-refractivity contribution in [3.8, 4) is 11.3 Å². The van der Waals surface area contributed by atoms with Crippen molar-refractivity contribution in [1.82, 2.24) is 19.6 Å². The number of carbonyl (C=O) groups is 2. The molecule has 1 aromatic carbocycles. The topological polar surface area (TPSA) is 85.2 Å². The van der Waals surface area contributed by atoms with Crippen molar-refractivity contribution in [3.63, 3.8) is 0 Å². The first kappa shape index (κ1) is 25.6. The molecular formula is C26H30F2N4O4. The van der Waals surface area contributed by atoms with Gasteiger partial charge in [-0.05, 0) is 57.5 Å². The van der Waals surface area contributed by atoms with Gasteiger partial charge in [0.25, 0.3) is 5.91 Å². The van der Waals surface area contributed by atoms with Crippen molar-refractivity contribution < 1.29 is 27.8 Å². The standard InChI is InChI=1S/C26H30F2N4O4/c1-15-6-7-32-20(13-17-14-31(8-9-35-17)25(34)36-26(2,3)4)23(30-21(32)10-15)22-18(27)11-16(12-19(22)28)24(33)29-5/h6-7,10-12,17H,8-9,13-14H2,1-5H3,(H,29,33)/t17-/m1/s1. The molecule has 1 saturated heterocycles. The van der Waals surface area contributed by atoms with Crippen LogP contribution in [0.5, 0.6) is 0 Å². The molecule has 1 atom stereocenters. The second kappa shape index (κ2) is 9.85. The molecule has 36 heavy (non-hydrogen) atoms. The van der Waals surface area contributed by atoms with Crippen LogP contribution in [0.25, 0.3) is 16.9 Å². The maximum Gasteiger partial charge on any atom is 0.410 e. The van der Waals surface area contributed by atoms with Crippen molar-refractivity contribution in [2.45, 2.75) is 45.8 Å². The number of rotatable bonds is 4. The summed E-state index contributed by atoms with van der Waals surface area (Å²) in [6.45, 7) is 8.24. The number of aryl methyl sites for hydroxylation is 1. The fourth-order valence-electron chi connectivity index (χ4n) is 4.22. The Kier molecular flexibility index (Phi) is 6.99. The molecule has 192 valence electrons. The number of fused-ring (bicyclic) bond motifs is 1. The zero-order valence-corrected chi connectivity index (χ0v) is 21.0. The number of halogens is 2. The van der Waals surface area contributed by atoms with E-state index >= 15 is 8.78 Å². The number of hydrogen-bond acceptors (Lipinski definition) is 5. The third kappa shape index (κ3) is 5.33. The molecule has 0 aliphatic carbocycles. The van der Waals surface area contributed by atoms with Crippen LogP contribution in [0.2, 0.25) is 0 Å². The van der Waals surface area contributed by atoms with Crippen molar-refractivity contribution in [3.05, 3.63) is 58.9 Å². The predicted molar refractivity (Wildman–Crippen MR) is 130 cm³/mol. The van der Waals surface area contributed by atoms with Crippen molar-refractivity contribution >= 4 is 17.6 Å². The number of ether oxygens (including phenoxy) is 2. The molecule has 1 N–H and O–H groups in total. The molecule has 4 rings (SSSR count). The van der Waals surface area contributed by atoms with E-state index in [0.29, 0.717) is 24.5 Å². The molecule has 0 bridgehead atoms. The Morgan fingerprint density at radius 3 is 2.56 bits per heavy atom. The molecule has 0 radical (unpaired) electrons. The van der Waals surface area contributed by atoms with Gasteiger partial charge in [-0.2, -0.15) is 0 Å². The first-order chi connectivity index (χ1) is 17.0. The van der Waals surface area contributed by atoms with Gasteiger partial charge >= 0.3 is 6.09 Å².